The first-order valence-corrected chi connectivity index (χ1v) is 10.3. The molecule has 0 spiro atoms. The number of likely N-dealkylation sites (N-methyl/N-ethyl adjacent to an activating group) is 1. The van der Waals surface area contributed by atoms with E-state index >= 15 is 0 Å². The molecule has 10 heteroatoms. The lowest BCUT2D eigenvalue weighted by Gasteiger charge is -2.19. The second-order valence-electron chi connectivity index (χ2n) is 6.20. The van der Waals surface area contributed by atoms with Crippen LogP contribution in [-0.2, 0) is 19.6 Å². The first-order chi connectivity index (χ1) is 13.7. The first kappa shape index (κ1) is 22.3. The second-order valence-corrected chi connectivity index (χ2v) is 7.76. The summed E-state index contributed by atoms with van der Waals surface area (Å²) in [6, 6.07) is 12.4. The summed E-state index contributed by atoms with van der Waals surface area (Å²) in [6.07, 6.45) is 0. The van der Waals surface area contributed by atoms with Crippen LogP contribution in [0.1, 0.15) is 6.92 Å². The number of nitrogens with zero attached hydrogens (tertiary/aromatic N) is 1. The Morgan fingerprint density at radius 1 is 0.931 bits per heavy atom. The standard InChI is InChI=1S/C19H24N4O5S/c1-3-23(12-18(24)21-14-4-8-16(28-2)9-5-14)13-19(25)22-15-6-10-17(11-7-15)29(20,26)27/h4-11H,3,12-13H2,1-2H3,(H,21,24)(H,22,25)(H2,20,26,27). The van der Waals surface area contributed by atoms with Gasteiger partial charge in [-0.15, -0.1) is 0 Å². The van der Waals surface area contributed by atoms with E-state index in [0.29, 0.717) is 23.7 Å². The number of amides is 2. The minimum atomic E-state index is -3.79. The minimum absolute atomic E-state index is 0.00344. The van der Waals surface area contributed by atoms with Crippen LogP contribution in [-0.4, -0.2) is 51.9 Å². The lowest BCUT2D eigenvalue weighted by molar-refractivity contribution is -0.119. The van der Waals surface area contributed by atoms with Crippen molar-refractivity contribution in [3.63, 3.8) is 0 Å². The number of primary sulfonamides is 1. The normalized spacial score (nSPS) is 11.2. The van der Waals surface area contributed by atoms with E-state index in [1.165, 1.54) is 24.3 Å². The van der Waals surface area contributed by atoms with Gasteiger partial charge in [-0.05, 0) is 55.1 Å². The SMILES string of the molecule is CCN(CC(=O)Nc1ccc(OC)cc1)CC(=O)Nc1ccc(S(N)(=O)=O)cc1. The van der Waals surface area contributed by atoms with Gasteiger partial charge in [-0.3, -0.25) is 14.5 Å². The zero-order valence-corrected chi connectivity index (χ0v) is 17.0. The molecular weight excluding hydrogens is 396 g/mol. The Morgan fingerprint density at radius 3 is 1.76 bits per heavy atom. The average Bonchev–Trinajstić information content (AvgIpc) is 2.67. The number of ether oxygens (including phenoxy) is 1. The first-order valence-electron chi connectivity index (χ1n) is 8.80. The monoisotopic (exact) mass is 420 g/mol. The third-order valence-corrected chi connectivity index (χ3v) is 4.95. The van der Waals surface area contributed by atoms with Gasteiger partial charge in [-0.1, -0.05) is 6.92 Å². The van der Waals surface area contributed by atoms with E-state index in [1.807, 2.05) is 6.92 Å². The minimum Gasteiger partial charge on any atom is -0.497 e. The van der Waals surface area contributed by atoms with Gasteiger partial charge in [0.05, 0.1) is 25.1 Å². The quantitative estimate of drug-likeness (QED) is 0.559. The molecule has 2 aromatic carbocycles. The van der Waals surface area contributed by atoms with Crippen LogP contribution < -0.4 is 20.5 Å². The molecule has 0 bridgehead atoms. The van der Waals surface area contributed by atoms with Crippen molar-refractivity contribution in [3.8, 4) is 5.75 Å². The van der Waals surface area contributed by atoms with Crippen molar-refractivity contribution in [2.75, 3.05) is 37.4 Å². The van der Waals surface area contributed by atoms with Crippen LogP contribution >= 0.6 is 0 Å². The Balaban J connectivity index is 1.87. The summed E-state index contributed by atoms with van der Waals surface area (Å²) in [5.74, 6) is 0.113. The van der Waals surface area contributed by atoms with Gasteiger partial charge in [-0.2, -0.15) is 0 Å². The zero-order chi connectivity index (χ0) is 21.4. The number of sulfonamides is 1. The van der Waals surface area contributed by atoms with Gasteiger partial charge >= 0.3 is 0 Å². The zero-order valence-electron chi connectivity index (χ0n) is 16.2. The third kappa shape index (κ3) is 7.18. The van der Waals surface area contributed by atoms with Crippen LogP contribution in [0, 0.1) is 0 Å². The molecule has 156 valence electrons. The Labute approximate surface area is 169 Å². The number of carbonyl (C=O) groups is 2. The summed E-state index contributed by atoms with van der Waals surface area (Å²) in [5.41, 5.74) is 1.06. The Bertz CT molecular complexity index is 944. The molecule has 29 heavy (non-hydrogen) atoms. The van der Waals surface area contributed by atoms with Crippen LogP contribution in [0.2, 0.25) is 0 Å². The number of hydrogen-bond acceptors (Lipinski definition) is 6. The van der Waals surface area contributed by atoms with Crippen LogP contribution in [0.15, 0.2) is 53.4 Å². The van der Waals surface area contributed by atoms with Gasteiger partial charge in [0, 0.05) is 11.4 Å². The molecule has 0 aliphatic heterocycles. The van der Waals surface area contributed by atoms with E-state index in [4.69, 9.17) is 9.88 Å². The van der Waals surface area contributed by atoms with Crippen molar-refractivity contribution in [3.05, 3.63) is 48.5 Å². The molecule has 9 nitrogen and oxygen atoms in total. The lowest BCUT2D eigenvalue weighted by Crippen LogP contribution is -2.38. The lowest BCUT2D eigenvalue weighted by atomic mass is 10.3. The van der Waals surface area contributed by atoms with Crippen molar-refractivity contribution in [1.82, 2.24) is 4.90 Å². The molecule has 0 saturated carbocycles. The number of methoxy groups -OCH3 is 1. The molecule has 2 amide bonds. The van der Waals surface area contributed by atoms with E-state index < -0.39 is 10.0 Å². The van der Waals surface area contributed by atoms with Crippen molar-refractivity contribution < 1.29 is 22.7 Å². The molecular formula is C19H24N4O5S. The van der Waals surface area contributed by atoms with Gasteiger partial charge < -0.3 is 15.4 Å². The molecule has 0 saturated heterocycles. The van der Waals surface area contributed by atoms with Crippen molar-refractivity contribution >= 4 is 33.2 Å². The van der Waals surface area contributed by atoms with E-state index in [-0.39, 0.29) is 29.8 Å². The maximum Gasteiger partial charge on any atom is 0.238 e. The molecule has 0 radical (unpaired) electrons. The number of rotatable bonds is 9. The van der Waals surface area contributed by atoms with E-state index in [2.05, 4.69) is 10.6 Å². The summed E-state index contributed by atoms with van der Waals surface area (Å²) in [6.45, 7) is 2.38. The van der Waals surface area contributed by atoms with Crippen molar-refractivity contribution in [2.24, 2.45) is 5.14 Å². The molecule has 0 atom stereocenters. The fraction of sp³-hybridized carbons (Fsp3) is 0.263. The van der Waals surface area contributed by atoms with Gasteiger partial charge in [-0.25, -0.2) is 13.6 Å². The van der Waals surface area contributed by atoms with Gasteiger partial charge in [0.15, 0.2) is 0 Å². The van der Waals surface area contributed by atoms with Crippen molar-refractivity contribution in [1.29, 1.82) is 0 Å². The van der Waals surface area contributed by atoms with Gasteiger partial charge in [0.1, 0.15) is 5.75 Å². The maximum atomic E-state index is 12.2. The molecule has 2 aromatic rings. The van der Waals surface area contributed by atoms with Gasteiger partial charge in [0.2, 0.25) is 21.8 Å². The Kier molecular flexibility index (Phi) is 7.71. The van der Waals surface area contributed by atoms with Crippen LogP contribution in [0.5, 0.6) is 5.75 Å². The highest BCUT2D eigenvalue weighted by Gasteiger charge is 2.14. The van der Waals surface area contributed by atoms with Crippen LogP contribution in [0.25, 0.3) is 0 Å². The average molecular weight is 420 g/mol. The van der Waals surface area contributed by atoms with E-state index in [0.717, 1.165) is 0 Å². The molecule has 4 N–H and O–H groups in total. The fourth-order valence-electron chi connectivity index (χ4n) is 2.49. The Morgan fingerprint density at radius 2 is 1.38 bits per heavy atom. The van der Waals surface area contributed by atoms with Crippen molar-refractivity contribution in [2.45, 2.75) is 11.8 Å². The molecule has 0 heterocycles. The molecule has 0 aliphatic carbocycles. The van der Waals surface area contributed by atoms with Crippen LogP contribution in [0.3, 0.4) is 0 Å². The highest BCUT2D eigenvalue weighted by molar-refractivity contribution is 7.89. The topological polar surface area (TPSA) is 131 Å². The largest absolute Gasteiger partial charge is 0.497 e. The smallest absolute Gasteiger partial charge is 0.238 e. The molecule has 2 rings (SSSR count). The number of anilines is 2. The molecule has 0 aliphatic rings. The third-order valence-electron chi connectivity index (χ3n) is 4.02. The second kappa shape index (κ2) is 10.0. The predicted molar refractivity (Wildman–Crippen MR) is 110 cm³/mol. The number of carbonyl (C=O) groups excluding carboxylic acids is 2. The van der Waals surface area contributed by atoms with E-state index in [1.54, 1.807) is 36.3 Å². The summed E-state index contributed by atoms with van der Waals surface area (Å²) in [7, 11) is -2.22. The maximum absolute atomic E-state index is 12.2. The fourth-order valence-corrected chi connectivity index (χ4v) is 3.00. The van der Waals surface area contributed by atoms with E-state index in [9.17, 15) is 18.0 Å². The highest BCUT2D eigenvalue weighted by Crippen LogP contribution is 2.15. The summed E-state index contributed by atoms with van der Waals surface area (Å²) in [4.78, 5) is 26.1. The molecule has 0 unspecified atom stereocenters. The number of nitrogens with two attached hydrogens (primary N) is 1. The Hall–Kier alpha value is -2.95. The summed E-state index contributed by atoms with van der Waals surface area (Å²) < 4.78 is 27.6. The van der Waals surface area contributed by atoms with Gasteiger partial charge in [0.25, 0.3) is 0 Å². The number of benzene rings is 2. The summed E-state index contributed by atoms with van der Waals surface area (Å²) in [5, 5.41) is 10.5. The number of hydrogen-bond donors (Lipinski definition) is 3. The highest BCUT2D eigenvalue weighted by atomic mass is 32.2. The molecule has 0 aromatic heterocycles. The van der Waals surface area contributed by atoms with Crippen LogP contribution in [0.4, 0.5) is 11.4 Å². The molecule has 0 fully saturated rings. The summed E-state index contributed by atoms with van der Waals surface area (Å²) >= 11 is 0. The number of nitrogens with one attached hydrogen (secondary N) is 2. The predicted octanol–water partition coefficient (Wildman–Crippen LogP) is 1.24.